The molecule has 0 bridgehead atoms. The topological polar surface area (TPSA) is 69.4 Å². The van der Waals surface area contributed by atoms with Crippen molar-refractivity contribution >= 4 is 23.3 Å². The predicted molar refractivity (Wildman–Crippen MR) is 91.4 cm³/mol. The van der Waals surface area contributed by atoms with E-state index >= 15 is 0 Å². The van der Waals surface area contributed by atoms with Gasteiger partial charge >= 0.3 is 6.01 Å². The van der Waals surface area contributed by atoms with Crippen molar-refractivity contribution in [1.29, 1.82) is 0 Å². The SMILES string of the molecule is COc1ccc(OC)c(Nc2nnc(Cc3ccc(Cl)cc3)o2)c1. The molecule has 0 atom stereocenters. The molecule has 24 heavy (non-hydrogen) atoms. The summed E-state index contributed by atoms with van der Waals surface area (Å²) < 4.78 is 16.2. The molecule has 6 nitrogen and oxygen atoms in total. The lowest BCUT2D eigenvalue weighted by Gasteiger charge is -2.09. The minimum atomic E-state index is 0.283. The van der Waals surface area contributed by atoms with Gasteiger partial charge in [-0.1, -0.05) is 28.8 Å². The second kappa shape index (κ2) is 7.23. The second-order valence-corrected chi connectivity index (χ2v) is 5.43. The zero-order valence-corrected chi connectivity index (χ0v) is 14.0. The Kier molecular flexibility index (Phi) is 4.86. The van der Waals surface area contributed by atoms with E-state index in [1.807, 2.05) is 30.3 Å². The van der Waals surface area contributed by atoms with Crippen LogP contribution >= 0.6 is 11.6 Å². The largest absolute Gasteiger partial charge is 0.497 e. The molecule has 124 valence electrons. The number of ether oxygens (including phenoxy) is 2. The number of anilines is 2. The van der Waals surface area contributed by atoms with Gasteiger partial charge in [0.2, 0.25) is 5.89 Å². The van der Waals surface area contributed by atoms with Crippen molar-refractivity contribution in [3.05, 3.63) is 58.9 Å². The molecule has 0 amide bonds. The number of methoxy groups -OCH3 is 2. The first-order valence-corrected chi connectivity index (χ1v) is 7.61. The van der Waals surface area contributed by atoms with E-state index in [0.717, 1.165) is 5.56 Å². The molecule has 0 spiro atoms. The number of nitrogens with zero attached hydrogens (tertiary/aromatic N) is 2. The maximum atomic E-state index is 5.88. The molecule has 1 heterocycles. The van der Waals surface area contributed by atoms with Gasteiger partial charge in [-0.3, -0.25) is 0 Å². The van der Waals surface area contributed by atoms with Crippen LogP contribution in [0.4, 0.5) is 11.7 Å². The van der Waals surface area contributed by atoms with Crippen LogP contribution in [0.2, 0.25) is 5.02 Å². The highest BCUT2D eigenvalue weighted by Gasteiger charge is 2.11. The molecular formula is C17H16ClN3O3. The molecule has 2 aromatic carbocycles. The lowest BCUT2D eigenvalue weighted by Crippen LogP contribution is -1.96. The summed E-state index contributed by atoms with van der Waals surface area (Å²) in [6.45, 7) is 0. The summed E-state index contributed by atoms with van der Waals surface area (Å²) >= 11 is 5.88. The van der Waals surface area contributed by atoms with E-state index in [1.165, 1.54) is 0 Å². The molecule has 0 radical (unpaired) electrons. The van der Waals surface area contributed by atoms with Crippen LogP contribution in [0.3, 0.4) is 0 Å². The Hall–Kier alpha value is -2.73. The van der Waals surface area contributed by atoms with Gasteiger partial charge in [-0.05, 0) is 29.8 Å². The smallest absolute Gasteiger partial charge is 0.320 e. The first-order valence-electron chi connectivity index (χ1n) is 7.24. The number of benzene rings is 2. The third-order valence-electron chi connectivity index (χ3n) is 3.38. The Morgan fingerprint density at radius 2 is 1.83 bits per heavy atom. The minimum Gasteiger partial charge on any atom is -0.497 e. The van der Waals surface area contributed by atoms with Gasteiger partial charge in [0.25, 0.3) is 0 Å². The first kappa shape index (κ1) is 16.1. The molecule has 0 aliphatic heterocycles. The van der Waals surface area contributed by atoms with E-state index in [4.69, 9.17) is 25.5 Å². The van der Waals surface area contributed by atoms with Crippen molar-refractivity contribution < 1.29 is 13.9 Å². The van der Waals surface area contributed by atoms with Crippen LogP contribution in [0.15, 0.2) is 46.9 Å². The summed E-state index contributed by atoms with van der Waals surface area (Å²) in [6, 6.07) is 13.2. The highest BCUT2D eigenvalue weighted by Crippen LogP contribution is 2.31. The Labute approximate surface area is 144 Å². The molecule has 1 N–H and O–H groups in total. The van der Waals surface area contributed by atoms with E-state index in [0.29, 0.717) is 34.5 Å². The van der Waals surface area contributed by atoms with Crippen molar-refractivity contribution in [2.45, 2.75) is 6.42 Å². The normalized spacial score (nSPS) is 10.5. The zero-order chi connectivity index (χ0) is 16.9. The maximum Gasteiger partial charge on any atom is 0.320 e. The molecule has 0 unspecified atom stereocenters. The fourth-order valence-corrected chi connectivity index (χ4v) is 2.31. The van der Waals surface area contributed by atoms with Crippen molar-refractivity contribution in [2.75, 3.05) is 19.5 Å². The quantitative estimate of drug-likeness (QED) is 0.726. The molecular weight excluding hydrogens is 330 g/mol. The number of aromatic nitrogens is 2. The number of halogens is 1. The number of nitrogens with one attached hydrogen (secondary N) is 1. The van der Waals surface area contributed by atoms with Crippen LogP contribution in [0, 0.1) is 0 Å². The number of rotatable bonds is 6. The summed E-state index contributed by atoms with van der Waals surface area (Å²) in [7, 11) is 3.19. The second-order valence-electron chi connectivity index (χ2n) is 5.00. The minimum absolute atomic E-state index is 0.283. The number of hydrogen-bond donors (Lipinski definition) is 1. The van der Waals surface area contributed by atoms with Crippen LogP contribution in [-0.4, -0.2) is 24.4 Å². The molecule has 0 fully saturated rings. The van der Waals surface area contributed by atoms with Crippen molar-refractivity contribution in [2.24, 2.45) is 0 Å². The van der Waals surface area contributed by atoms with Gasteiger partial charge in [0.1, 0.15) is 11.5 Å². The average Bonchev–Trinajstić information content (AvgIpc) is 3.04. The molecule has 0 saturated heterocycles. The van der Waals surface area contributed by atoms with Crippen LogP contribution < -0.4 is 14.8 Å². The van der Waals surface area contributed by atoms with Crippen molar-refractivity contribution in [3.63, 3.8) is 0 Å². The highest BCUT2D eigenvalue weighted by molar-refractivity contribution is 6.30. The first-order chi connectivity index (χ1) is 11.7. The third-order valence-corrected chi connectivity index (χ3v) is 3.64. The van der Waals surface area contributed by atoms with Gasteiger partial charge in [0, 0.05) is 11.1 Å². The van der Waals surface area contributed by atoms with Gasteiger partial charge in [0.05, 0.1) is 26.3 Å². The fraction of sp³-hybridized carbons (Fsp3) is 0.176. The van der Waals surface area contributed by atoms with E-state index < -0.39 is 0 Å². The van der Waals surface area contributed by atoms with Gasteiger partial charge in [-0.2, -0.15) is 0 Å². The van der Waals surface area contributed by atoms with Crippen LogP contribution in [-0.2, 0) is 6.42 Å². The molecule has 3 rings (SSSR count). The fourth-order valence-electron chi connectivity index (χ4n) is 2.18. The van der Waals surface area contributed by atoms with Crippen LogP contribution in [0.25, 0.3) is 0 Å². The summed E-state index contributed by atoms with van der Waals surface area (Å²) in [5, 5.41) is 11.8. The van der Waals surface area contributed by atoms with Crippen molar-refractivity contribution in [3.8, 4) is 11.5 Å². The molecule has 1 aromatic heterocycles. The summed E-state index contributed by atoms with van der Waals surface area (Å²) in [5.41, 5.74) is 1.71. The Morgan fingerprint density at radius 1 is 1.04 bits per heavy atom. The van der Waals surface area contributed by atoms with Gasteiger partial charge in [-0.25, -0.2) is 0 Å². The van der Waals surface area contributed by atoms with Gasteiger partial charge in [-0.15, -0.1) is 5.10 Å². The standard InChI is InChI=1S/C17H16ClN3O3/c1-22-13-7-8-15(23-2)14(10-13)19-17-21-20-16(24-17)9-11-3-5-12(18)6-4-11/h3-8,10H,9H2,1-2H3,(H,19,21). The summed E-state index contributed by atoms with van der Waals surface area (Å²) in [5.74, 6) is 1.84. The predicted octanol–water partition coefficient (Wildman–Crippen LogP) is 4.07. The number of hydrogen-bond acceptors (Lipinski definition) is 6. The summed E-state index contributed by atoms with van der Waals surface area (Å²) in [4.78, 5) is 0. The van der Waals surface area contributed by atoms with E-state index in [1.54, 1.807) is 26.4 Å². The van der Waals surface area contributed by atoms with E-state index in [-0.39, 0.29) is 6.01 Å². The summed E-state index contributed by atoms with van der Waals surface area (Å²) in [6.07, 6.45) is 0.529. The lowest BCUT2D eigenvalue weighted by atomic mass is 10.1. The Balaban J connectivity index is 1.75. The third kappa shape index (κ3) is 3.78. The van der Waals surface area contributed by atoms with Crippen LogP contribution in [0.1, 0.15) is 11.5 Å². The average molecular weight is 346 g/mol. The Morgan fingerprint density at radius 3 is 2.54 bits per heavy atom. The molecule has 0 aliphatic rings. The molecule has 7 heteroatoms. The maximum absolute atomic E-state index is 5.88. The van der Waals surface area contributed by atoms with Crippen LogP contribution in [0.5, 0.6) is 11.5 Å². The Bertz CT molecular complexity index is 818. The zero-order valence-electron chi connectivity index (χ0n) is 13.2. The molecule has 0 saturated carbocycles. The van der Waals surface area contributed by atoms with E-state index in [9.17, 15) is 0 Å². The molecule has 3 aromatic rings. The lowest BCUT2D eigenvalue weighted by molar-refractivity contribution is 0.404. The van der Waals surface area contributed by atoms with Gasteiger partial charge in [0.15, 0.2) is 0 Å². The molecule has 0 aliphatic carbocycles. The monoisotopic (exact) mass is 345 g/mol. The van der Waals surface area contributed by atoms with Crippen molar-refractivity contribution in [1.82, 2.24) is 10.2 Å². The van der Waals surface area contributed by atoms with Gasteiger partial charge < -0.3 is 19.2 Å². The highest BCUT2D eigenvalue weighted by atomic mass is 35.5. The van der Waals surface area contributed by atoms with E-state index in [2.05, 4.69) is 15.5 Å².